The molecule has 3 fully saturated rings. The Labute approximate surface area is 347 Å². The van der Waals surface area contributed by atoms with Gasteiger partial charge in [0, 0.05) is 29.7 Å². The molecule has 60 heavy (non-hydrogen) atoms. The molecule has 2 aromatic rings. The molecule has 330 valence electrons. The summed E-state index contributed by atoms with van der Waals surface area (Å²) in [4.78, 5) is 61.2. The van der Waals surface area contributed by atoms with Gasteiger partial charge in [-0.3, -0.25) is 19.1 Å². The van der Waals surface area contributed by atoms with Crippen LogP contribution >= 0.6 is 0 Å². The highest BCUT2D eigenvalue weighted by molar-refractivity contribution is 7.91. The highest BCUT2D eigenvalue weighted by atomic mass is 32.2. The number of hydrogen-bond donors (Lipinski definition) is 3. The number of hydrogen-bond acceptors (Lipinski definition) is 9. The highest BCUT2D eigenvalue weighted by Gasteiger charge is 2.64. The fourth-order valence-corrected chi connectivity index (χ4v) is 9.38. The predicted molar refractivity (Wildman–Crippen MR) is 214 cm³/mol. The third-order valence-corrected chi connectivity index (χ3v) is 14.6. The van der Waals surface area contributed by atoms with Gasteiger partial charge in [-0.2, -0.15) is 13.2 Å². The van der Waals surface area contributed by atoms with Gasteiger partial charge in [-0.05, 0) is 90.8 Å². The van der Waals surface area contributed by atoms with Gasteiger partial charge in [-0.15, -0.1) is 0 Å². The molecule has 1 aromatic heterocycles. The van der Waals surface area contributed by atoms with Gasteiger partial charge in [0.05, 0.1) is 22.5 Å². The molecule has 2 saturated carbocycles. The van der Waals surface area contributed by atoms with Crippen molar-refractivity contribution in [1.82, 2.24) is 25.2 Å². The van der Waals surface area contributed by atoms with Crippen molar-refractivity contribution in [3.8, 4) is 5.75 Å². The van der Waals surface area contributed by atoms with Crippen molar-refractivity contribution in [1.29, 1.82) is 0 Å². The molecule has 2 aliphatic heterocycles. The number of carbonyl (C=O) groups is 4. The summed E-state index contributed by atoms with van der Waals surface area (Å²) >= 11 is 0. The van der Waals surface area contributed by atoms with Crippen molar-refractivity contribution >= 4 is 44.7 Å². The summed E-state index contributed by atoms with van der Waals surface area (Å²) in [7, 11) is -4.12. The molecule has 6 unspecified atom stereocenters. The van der Waals surface area contributed by atoms with Crippen LogP contribution in [0.3, 0.4) is 0 Å². The number of ether oxygens (including phenoxy) is 2. The number of unbranched alkanes of at least 4 members (excludes halogenated alkanes) is 3. The maximum absolute atomic E-state index is 16.8. The molecule has 6 atom stereocenters. The maximum Gasteiger partial charge on any atom is 0.427 e. The number of carbonyl (C=O) groups excluding carboxylic acids is 4. The van der Waals surface area contributed by atoms with Gasteiger partial charge in [0.2, 0.25) is 27.4 Å². The van der Waals surface area contributed by atoms with Crippen LogP contribution in [0.5, 0.6) is 5.75 Å². The Bertz CT molecular complexity index is 2200. The fourth-order valence-electron chi connectivity index (χ4n) is 8.07. The molecule has 18 heteroatoms. The molecule has 4 amide bonds. The van der Waals surface area contributed by atoms with Crippen molar-refractivity contribution in [3.05, 3.63) is 47.2 Å². The Balaban J connectivity index is 1.33. The van der Waals surface area contributed by atoms with Crippen molar-refractivity contribution in [2.45, 2.75) is 159 Å². The monoisotopic (exact) mass is 865 g/mol. The van der Waals surface area contributed by atoms with Gasteiger partial charge >= 0.3 is 12.3 Å². The van der Waals surface area contributed by atoms with Crippen LogP contribution in [0.25, 0.3) is 10.9 Å². The Morgan fingerprint density at radius 1 is 1.10 bits per heavy atom. The Morgan fingerprint density at radius 3 is 2.43 bits per heavy atom. The first-order valence-corrected chi connectivity index (χ1v) is 22.1. The summed E-state index contributed by atoms with van der Waals surface area (Å²) in [5.41, 5.74) is -4.00. The number of fused-ring (bicyclic) bond motifs is 3. The number of aromatic nitrogens is 1. The van der Waals surface area contributed by atoms with Crippen molar-refractivity contribution in [2.24, 2.45) is 5.92 Å². The molecule has 2 aliphatic carbocycles. The van der Waals surface area contributed by atoms with Gasteiger partial charge in [0.25, 0.3) is 5.91 Å². The molecule has 0 radical (unpaired) electrons. The zero-order valence-corrected chi connectivity index (χ0v) is 35.9. The average Bonchev–Trinajstić information content (AvgIpc) is 4.05. The Hall–Kier alpha value is -4.48. The number of allylic oxidation sites excluding steroid dienone is 1. The molecule has 1 aromatic carbocycles. The molecule has 3 heterocycles. The SMILES string of the molecule is CCCCCC=CC1CC1(NC(=O)C1CC2(CC(F)c3c(c(C)nc4ccc(CC)cc34)O2)CN1C(=O)C(C)NC(=O)OC(C)(C)C(F)(F)F)C(=O)NS(=O)(=O)C1(C)CC1. The third-order valence-electron chi connectivity index (χ3n) is 12.5. The number of nitrogens with zero attached hydrogens (tertiary/aromatic N) is 2. The van der Waals surface area contributed by atoms with Gasteiger partial charge in [-0.25, -0.2) is 22.6 Å². The predicted octanol–water partition coefficient (Wildman–Crippen LogP) is 6.70. The van der Waals surface area contributed by atoms with Gasteiger partial charge in [-0.1, -0.05) is 44.9 Å². The zero-order valence-electron chi connectivity index (χ0n) is 35.1. The number of likely N-dealkylation sites (tertiary alicyclic amines) is 1. The Kier molecular flexibility index (Phi) is 12.1. The van der Waals surface area contributed by atoms with Crippen LogP contribution in [-0.4, -0.2) is 88.4 Å². The van der Waals surface area contributed by atoms with E-state index in [-0.39, 0.29) is 30.6 Å². The standard InChI is InChI=1S/C42H55F4N5O8S/c1-8-10-11-12-13-14-27-20-41(27,36(54)50-60(56,57)39(7)17-18-39)49-34(52)31-22-40(23-51(31)35(53)25(4)48-37(55)59-38(5,6)42(44,45)46)21-29(43)32-28-19-26(9-2)15-16-30(28)47-24(3)33(32)58-40/h13-16,19,25,27,29,31H,8-12,17-18,20-23H2,1-7H3,(H,48,55)(H,49,52)(H,50,54). The van der Waals surface area contributed by atoms with E-state index in [1.165, 1.54) is 13.8 Å². The second kappa shape index (κ2) is 16.1. The lowest BCUT2D eigenvalue weighted by Crippen LogP contribution is -2.58. The van der Waals surface area contributed by atoms with Gasteiger partial charge in [0.1, 0.15) is 35.1 Å². The number of sulfonamides is 1. The Morgan fingerprint density at radius 2 is 1.80 bits per heavy atom. The first-order chi connectivity index (χ1) is 27.9. The highest BCUT2D eigenvalue weighted by Crippen LogP contribution is 2.51. The van der Waals surface area contributed by atoms with Crippen LogP contribution in [0.1, 0.15) is 122 Å². The van der Waals surface area contributed by atoms with Crippen molar-refractivity contribution < 1.29 is 54.6 Å². The van der Waals surface area contributed by atoms with Gasteiger partial charge < -0.3 is 25.0 Å². The number of alkyl carbamates (subject to hydrolysis) is 1. The first kappa shape index (κ1) is 45.1. The van der Waals surface area contributed by atoms with E-state index in [0.717, 1.165) is 29.7 Å². The number of rotatable bonds is 14. The molecule has 4 aliphatic rings. The number of benzene rings is 1. The minimum Gasteiger partial charge on any atom is -0.483 e. The maximum atomic E-state index is 16.8. The zero-order chi connectivity index (χ0) is 44.2. The minimum atomic E-state index is -4.93. The summed E-state index contributed by atoms with van der Waals surface area (Å²) in [5.74, 6) is -3.18. The van der Waals surface area contributed by atoms with E-state index in [9.17, 15) is 40.8 Å². The number of pyridine rings is 1. The van der Waals surface area contributed by atoms with Crippen LogP contribution in [0.2, 0.25) is 0 Å². The van der Waals surface area contributed by atoms with E-state index < -0.39 is 92.2 Å². The molecular formula is C42H55F4N5O8S. The van der Waals surface area contributed by atoms with Crippen LogP contribution in [0, 0.1) is 12.8 Å². The van der Waals surface area contributed by atoms with Crippen molar-refractivity contribution in [3.63, 3.8) is 0 Å². The summed E-state index contributed by atoms with van der Waals surface area (Å²) in [5, 5.41) is 5.44. The lowest BCUT2D eigenvalue weighted by atomic mass is 9.85. The molecule has 6 rings (SSSR count). The number of aryl methyl sites for hydroxylation is 2. The first-order valence-electron chi connectivity index (χ1n) is 20.6. The van der Waals surface area contributed by atoms with Crippen LogP contribution in [0.4, 0.5) is 22.4 Å². The molecule has 1 spiro atoms. The van der Waals surface area contributed by atoms with Crippen LogP contribution in [-0.2, 0) is 35.6 Å². The van der Waals surface area contributed by atoms with E-state index in [1.54, 1.807) is 19.1 Å². The molecule has 0 bridgehead atoms. The second-order valence-electron chi connectivity index (χ2n) is 17.6. The minimum absolute atomic E-state index is 0.0554. The summed E-state index contributed by atoms with van der Waals surface area (Å²) in [6, 6.07) is 2.54. The van der Waals surface area contributed by atoms with E-state index in [1.807, 2.05) is 25.1 Å². The number of alkyl halides is 4. The van der Waals surface area contributed by atoms with Crippen LogP contribution in [0.15, 0.2) is 30.4 Å². The summed E-state index contributed by atoms with van der Waals surface area (Å²) in [6.07, 6.45) is -0.0907. The number of amides is 4. The van der Waals surface area contributed by atoms with E-state index in [2.05, 4.69) is 32.0 Å². The molecular weight excluding hydrogens is 811 g/mol. The average molecular weight is 866 g/mol. The molecule has 1 saturated heterocycles. The second-order valence-corrected chi connectivity index (χ2v) is 19.8. The van der Waals surface area contributed by atoms with E-state index >= 15 is 4.39 Å². The molecule has 3 N–H and O–H groups in total. The smallest absolute Gasteiger partial charge is 0.427 e. The topological polar surface area (TPSA) is 173 Å². The summed E-state index contributed by atoms with van der Waals surface area (Å²) in [6.45, 7) is 9.29. The largest absolute Gasteiger partial charge is 0.483 e. The fraction of sp³-hybridized carbons (Fsp3) is 0.643. The lowest BCUT2D eigenvalue weighted by Gasteiger charge is -2.38. The van der Waals surface area contributed by atoms with E-state index in [0.29, 0.717) is 56.1 Å². The summed E-state index contributed by atoms with van der Waals surface area (Å²) < 4.78 is 96.1. The van der Waals surface area contributed by atoms with Crippen LogP contribution < -0.4 is 20.1 Å². The third kappa shape index (κ3) is 8.67. The molecule has 13 nitrogen and oxygen atoms in total. The quantitative estimate of drug-likeness (QED) is 0.106. The van der Waals surface area contributed by atoms with E-state index in [4.69, 9.17) is 4.74 Å². The van der Waals surface area contributed by atoms with Gasteiger partial charge in [0.15, 0.2) is 0 Å². The normalized spacial score (nSPS) is 26.3. The number of nitrogens with one attached hydrogen (secondary N) is 3. The van der Waals surface area contributed by atoms with Crippen molar-refractivity contribution in [2.75, 3.05) is 6.54 Å². The lowest BCUT2D eigenvalue weighted by molar-refractivity contribution is -0.244. The number of halogens is 4.